The number of carbonyl (C=O) groups excluding carboxylic acids is 1. The molecule has 0 unspecified atom stereocenters. The van der Waals surface area contributed by atoms with Crippen molar-refractivity contribution in [3.05, 3.63) is 40.0 Å². The van der Waals surface area contributed by atoms with Crippen LogP contribution in [0.3, 0.4) is 0 Å². The van der Waals surface area contributed by atoms with Gasteiger partial charge in [-0.25, -0.2) is 0 Å². The topological polar surface area (TPSA) is 32.3 Å². The van der Waals surface area contributed by atoms with E-state index in [1.165, 1.54) is 6.42 Å². The third-order valence-electron chi connectivity index (χ3n) is 3.54. The molecule has 1 aliphatic rings. The molecule has 108 valence electrons. The van der Waals surface area contributed by atoms with Crippen molar-refractivity contribution >= 4 is 34.8 Å². The summed E-state index contributed by atoms with van der Waals surface area (Å²) in [5.41, 5.74) is 1.90. The van der Waals surface area contributed by atoms with Crippen LogP contribution in [-0.2, 0) is 4.79 Å². The normalized spacial score (nSPS) is 15.1. The van der Waals surface area contributed by atoms with Crippen molar-refractivity contribution in [2.75, 3.05) is 18.4 Å². The standard InChI is InChI=1S/C15H18Cl2N2O/c1-10-13(16)8-12(9-14(10)17)18-15(20)11(2)19-6-4-3-5-7-19/h8-9H,2-7H2,1H3,(H,18,20). The van der Waals surface area contributed by atoms with E-state index in [1.807, 2.05) is 11.8 Å². The van der Waals surface area contributed by atoms with Gasteiger partial charge in [-0.05, 0) is 43.9 Å². The van der Waals surface area contributed by atoms with Crippen LogP contribution in [0.2, 0.25) is 10.0 Å². The second kappa shape index (κ2) is 6.51. The van der Waals surface area contributed by atoms with Crippen molar-refractivity contribution in [3.8, 4) is 0 Å². The largest absolute Gasteiger partial charge is 0.368 e. The van der Waals surface area contributed by atoms with Gasteiger partial charge in [0.05, 0.1) is 5.70 Å². The van der Waals surface area contributed by atoms with Crippen LogP contribution in [0.1, 0.15) is 24.8 Å². The molecule has 0 atom stereocenters. The van der Waals surface area contributed by atoms with E-state index in [4.69, 9.17) is 23.2 Å². The first-order valence-corrected chi connectivity index (χ1v) is 7.45. The summed E-state index contributed by atoms with van der Waals surface area (Å²) >= 11 is 12.1. The number of anilines is 1. The molecule has 1 aliphatic heterocycles. The van der Waals surface area contributed by atoms with Gasteiger partial charge >= 0.3 is 0 Å². The van der Waals surface area contributed by atoms with Gasteiger partial charge in [-0.3, -0.25) is 4.79 Å². The first-order valence-electron chi connectivity index (χ1n) is 6.70. The van der Waals surface area contributed by atoms with Crippen molar-refractivity contribution in [2.24, 2.45) is 0 Å². The smallest absolute Gasteiger partial charge is 0.271 e. The lowest BCUT2D eigenvalue weighted by atomic mass is 10.1. The molecule has 0 aliphatic carbocycles. The highest BCUT2D eigenvalue weighted by molar-refractivity contribution is 6.36. The molecule has 1 saturated heterocycles. The van der Waals surface area contributed by atoms with Gasteiger partial charge in [0.15, 0.2) is 0 Å². The van der Waals surface area contributed by atoms with Gasteiger partial charge < -0.3 is 10.2 Å². The van der Waals surface area contributed by atoms with Crippen LogP contribution in [0, 0.1) is 6.92 Å². The molecule has 2 rings (SSSR count). The average Bonchev–Trinajstić information content (AvgIpc) is 2.44. The lowest BCUT2D eigenvalue weighted by Gasteiger charge is -2.29. The van der Waals surface area contributed by atoms with Gasteiger partial charge in [-0.1, -0.05) is 29.8 Å². The first-order chi connectivity index (χ1) is 9.49. The number of halogens is 2. The number of rotatable bonds is 3. The van der Waals surface area contributed by atoms with Crippen molar-refractivity contribution in [2.45, 2.75) is 26.2 Å². The molecule has 1 fully saturated rings. The quantitative estimate of drug-likeness (QED) is 0.847. The van der Waals surface area contributed by atoms with Crippen molar-refractivity contribution in [1.29, 1.82) is 0 Å². The zero-order valence-corrected chi connectivity index (χ0v) is 13.0. The molecule has 0 spiro atoms. The van der Waals surface area contributed by atoms with E-state index in [0.29, 0.717) is 21.4 Å². The zero-order valence-electron chi connectivity index (χ0n) is 11.5. The summed E-state index contributed by atoms with van der Waals surface area (Å²) in [5, 5.41) is 3.88. The summed E-state index contributed by atoms with van der Waals surface area (Å²) in [5.74, 6) is -0.206. The fraction of sp³-hybridized carbons (Fsp3) is 0.400. The van der Waals surface area contributed by atoms with Crippen LogP contribution in [0.5, 0.6) is 0 Å². The Labute approximate surface area is 129 Å². The number of likely N-dealkylation sites (tertiary alicyclic amines) is 1. The van der Waals surface area contributed by atoms with E-state index in [1.54, 1.807) is 12.1 Å². The van der Waals surface area contributed by atoms with Gasteiger partial charge in [0.25, 0.3) is 5.91 Å². The number of hydrogen-bond acceptors (Lipinski definition) is 2. The maximum atomic E-state index is 12.2. The summed E-state index contributed by atoms with van der Waals surface area (Å²) in [6.45, 7) is 7.50. The third-order valence-corrected chi connectivity index (χ3v) is 4.32. The number of amides is 1. The van der Waals surface area contributed by atoms with E-state index >= 15 is 0 Å². The summed E-state index contributed by atoms with van der Waals surface area (Å²) in [7, 11) is 0. The van der Waals surface area contributed by atoms with E-state index in [2.05, 4.69) is 11.9 Å². The molecule has 0 radical (unpaired) electrons. The molecule has 0 aromatic heterocycles. The Kier molecular flexibility index (Phi) is 4.95. The Hall–Kier alpha value is -1.19. The molecule has 1 aromatic rings. The third kappa shape index (κ3) is 3.47. The van der Waals surface area contributed by atoms with E-state index in [0.717, 1.165) is 31.5 Å². The highest BCUT2D eigenvalue weighted by Crippen LogP contribution is 2.28. The maximum Gasteiger partial charge on any atom is 0.271 e. The molecule has 20 heavy (non-hydrogen) atoms. The number of nitrogens with one attached hydrogen (secondary N) is 1. The number of nitrogens with zero attached hydrogens (tertiary/aromatic N) is 1. The highest BCUT2D eigenvalue weighted by Gasteiger charge is 2.18. The molecule has 1 N–H and O–H groups in total. The Morgan fingerprint density at radius 2 is 1.75 bits per heavy atom. The summed E-state index contributed by atoms with van der Waals surface area (Å²) in [4.78, 5) is 14.2. The SMILES string of the molecule is C=C(C(=O)Nc1cc(Cl)c(C)c(Cl)c1)N1CCCCC1. The Balaban J connectivity index is 2.05. The first kappa shape index (κ1) is 15.2. The molecular weight excluding hydrogens is 295 g/mol. The molecule has 1 heterocycles. The fourth-order valence-corrected chi connectivity index (χ4v) is 2.72. The van der Waals surface area contributed by atoms with Crippen LogP contribution >= 0.6 is 23.2 Å². The Morgan fingerprint density at radius 1 is 1.20 bits per heavy atom. The van der Waals surface area contributed by atoms with Crippen LogP contribution in [0.25, 0.3) is 0 Å². The molecule has 1 aromatic carbocycles. The van der Waals surface area contributed by atoms with Crippen molar-refractivity contribution < 1.29 is 4.79 Å². The van der Waals surface area contributed by atoms with Crippen molar-refractivity contribution in [1.82, 2.24) is 4.90 Å². The number of benzene rings is 1. The van der Waals surface area contributed by atoms with Gasteiger partial charge in [-0.15, -0.1) is 0 Å². The monoisotopic (exact) mass is 312 g/mol. The Bertz CT molecular complexity index is 514. The average molecular weight is 313 g/mol. The van der Waals surface area contributed by atoms with E-state index in [-0.39, 0.29) is 5.91 Å². The summed E-state index contributed by atoms with van der Waals surface area (Å²) in [6.07, 6.45) is 3.43. The number of carbonyl (C=O) groups is 1. The van der Waals surface area contributed by atoms with Crippen LogP contribution < -0.4 is 5.32 Å². The molecule has 3 nitrogen and oxygen atoms in total. The second-order valence-electron chi connectivity index (χ2n) is 5.01. The van der Waals surface area contributed by atoms with Crippen LogP contribution in [0.4, 0.5) is 5.69 Å². The number of piperidine rings is 1. The summed E-state index contributed by atoms with van der Waals surface area (Å²) < 4.78 is 0. The van der Waals surface area contributed by atoms with E-state index in [9.17, 15) is 4.79 Å². The van der Waals surface area contributed by atoms with Gasteiger partial charge in [0.2, 0.25) is 0 Å². The van der Waals surface area contributed by atoms with Gasteiger partial charge in [-0.2, -0.15) is 0 Å². The molecule has 0 bridgehead atoms. The zero-order chi connectivity index (χ0) is 14.7. The minimum absolute atomic E-state index is 0.206. The predicted octanol–water partition coefficient (Wildman–Crippen LogP) is 4.24. The minimum Gasteiger partial charge on any atom is -0.368 e. The molecule has 0 saturated carbocycles. The lowest BCUT2D eigenvalue weighted by molar-refractivity contribution is -0.114. The maximum absolute atomic E-state index is 12.2. The molecular formula is C15H18Cl2N2O. The van der Waals surface area contributed by atoms with Crippen LogP contribution in [-0.4, -0.2) is 23.9 Å². The van der Waals surface area contributed by atoms with Crippen molar-refractivity contribution in [3.63, 3.8) is 0 Å². The Morgan fingerprint density at radius 3 is 2.30 bits per heavy atom. The van der Waals surface area contributed by atoms with Crippen LogP contribution in [0.15, 0.2) is 24.4 Å². The van der Waals surface area contributed by atoms with Gasteiger partial charge in [0, 0.05) is 28.8 Å². The summed E-state index contributed by atoms with van der Waals surface area (Å²) in [6, 6.07) is 3.40. The predicted molar refractivity (Wildman–Crippen MR) is 84.4 cm³/mol. The molecule has 5 heteroatoms. The van der Waals surface area contributed by atoms with E-state index < -0.39 is 0 Å². The molecule has 1 amide bonds. The number of hydrogen-bond donors (Lipinski definition) is 1. The highest BCUT2D eigenvalue weighted by atomic mass is 35.5. The van der Waals surface area contributed by atoms with Gasteiger partial charge in [0.1, 0.15) is 0 Å². The minimum atomic E-state index is -0.206. The lowest BCUT2D eigenvalue weighted by Crippen LogP contribution is -2.34. The fourth-order valence-electron chi connectivity index (χ4n) is 2.23. The second-order valence-corrected chi connectivity index (χ2v) is 5.83.